The lowest BCUT2D eigenvalue weighted by molar-refractivity contribution is 0.340. The van der Waals surface area contributed by atoms with Crippen molar-refractivity contribution >= 4 is 11.8 Å². The molecule has 0 bridgehead atoms. The van der Waals surface area contributed by atoms with Crippen molar-refractivity contribution < 1.29 is 9.15 Å². The molecule has 0 spiro atoms. The van der Waals surface area contributed by atoms with Gasteiger partial charge in [-0.3, -0.25) is 0 Å². The maximum absolute atomic E-state index is 5.42. The summed E-state index contributed by atoms with van der Waals surface area (Å²) in [6, 6.07) is 7.59. The average Bonchev–Trinajstić information content (AvgIpc) is 2.91. The lowest BCUT2D eigenvalue weighted by atomic mass is 10.2. The highest BCUT2D eigenvalue weighted by atomic mass is 32.2. The first-order chi connectivity index (χ1) is 8.83. The summed E-state index contributed by atoms with van der Waals surface area (Å²) in [5, 5.41) is 8.41. The maximum Gasteiger partial charge on any atom is 0.276 e. The van der Waals surface area contributed by atoms with Gasteiger partial charge in [0, 0.05) is 5.56 Å². The largest absolute Gasteiger partial charge is 0.494 e. The van der Waals surface area contributed by atoms with E-state index in [4.69, 9.17) is 9.15 Å². The number of nitrogens with zero attached hydrogens (tertiary/aromatic N) is 2. The summed E-state index contributed by atoms with van der Waals surface area (Å²) in [6.07, 6.45) is 1.90. The van der Waals surface area contributed by atoms with E-state index in [0.717, 1.165) is 11.3 Å². The third-order valence-electron chi connectivity index (χ3n) is 1.99. The number of thioether (sulfide) groups is 1. The smallest absolute Gasteiger partial charge is 0.276 e. The van der Waals surface area contributed by atoms with Gasteiger partial charge in [0.25, 0.3) is 5.22 Å². The minimum atomic E-state index is 0.535. The minimum Gasteiger partial charge on any atom is -0.494 e. The van der Waals surface area contributed by atoms with E-state index in [2.05, 4.69) is 10.2 Å². The molecule has 2 aromatic rings. The van der Waals surface area contributed by atoms with Crippen LogP contribution in [0.1, 0.15) is 20.8 Å². The van der Waals surface area contributed by atoms with Crippen molar-refractivity contribution in [3.63, 3.8) is 0 Å². The molecular formula is C13H18N2O2S. The molecule has 0 aliphatic carbocycles. The van der Waals surface area contributed by atoms with Gasteiger partial charge < -0.3 is 9.15 Å². The van der Waals surface area contributed by atoms with Crippen LogP contribution in [-0.2, 0) is 0 Å². The average molecular weight is 266 g/mol. The van der Waals surface area contributed by atoms with Gasteiger partial charge in [-0.2, -0.15) is 0 Å². The van der Waals surface area contributed by atoms with E-state index in [1.165, 1.54) is 11.8 Å². The number of ether oxygens (including phenoxy) is 1. The SMILES string of the molecule is CC.CCOc1ccc(-c2nnc(SC)o2)cc1. The monoisotopic (exact) mass is 266 g/mol. The predicted octanol–water partition coefficient (Wildman–Crippen LogP) is 3.88. The lowest BCUT2D eigenvalue weighted by Crippen LogP contribution is -1.90. The summed E-state index contributed by atoms with van der Waals surface area (Å²) in [6.45, 7) is 6.62. The number of benzene rings is 1. The molecule has 1 heterocycles. The fourth-order valence-corrected chi connectivity index (χ4v) is 1.55. The quantitative estimate of drug-likeness (QED) is 0.786. The molecule has 0 amide bonds. The van der Waals surface area contributed by atoms with Crippen LogP contribution in [0.4, 0.5) is 0 Å². The fraction of sp³-hybridized carbons (Fsp3) is 0.385. The summed E-state index contributed by atoms with van der Waals surface area (Å²) in [7, 11) is 0. The molecule has 18 heavy (non-hydrogen) atoms. The lowest BCUT2D eigenvalue weighted by Gasteiger charge is -2.02. The van der Waals surface area contributed by atoms with Gasteiger partial charge in [0.15, 0.2) is 0 Å². The molecule has 0 saturated carbocycles. The van der Waals surface area contributed by atoms with Crippen LogP contribution in [0.3, 0.4) is 0 Å². The topological polar surface area (TPSA) is 48.2 Å². The number of rotatable bonds is 4. The van der Waals surface area contributed by atoms with E-state index in [9.17, 15) is 0 Å². The zero-order chi connectivity index (χ0) is 13.4. The Balaban J connectivity index is 0.000000771. The molecule has 5 heteroatoms. The molecule has 2 rings (SSSR count). The number of hydrogen-bond acceptors (Lipinski definition) is 5. The molecule has 0 aliphatic heterocycles. The molecule has 4 nitrogen and oxygen atoms in total. The van der Waals surface area contributed by atoms with Crippen LogP contribution in [0.2, 0.25) is 0 Å². The van der Waals surface area contributed by atoms with Crippen LogP contribution < -0.4 is 4.74 Å². The first kappa shape index (κ1) is 14.6. The van der Waals surface area contributed by atoms with E-state index in [-0.39, 0.29) is 0 Å². The van der Waals surface area contributed by atoms with Crippen molar-refractivity contribution in [3.05, 3.63) is 24.3 Å². The minimum absolute atomic E-state index is 0.535. The third kappa shape index (κ3) is 3.77. The Morgan fingerprint density at radius 2 is 1.83 bits per heavy atom. The highest BCUT2D eigenvalue weighted by molar-refractivity contribution is 7.98. The molecule has 0 saturated heterocycles. The highest BCUT2D eigenvalue weighted by Crippen LogP contribution is 2.23. The van der Waals surface area contributed by atoms with Gasteiger partial charge in [-0.15, -0.1) is 10.2 Å². The molecule has 0 atom stereocenters. The molecule has 1 aromatic carbocycles. The van der Waals surface area contributed by atoms with Crippen LogP contribution in [0.15, 0.2) is 33.9 Å². The Bertz CT molecular complexity index is 454. The molecule has 0 unspecified atom stereocenters. The van der Waals surface area contributed by atoms with Crippen molar-refractivity contribution in [1.82, 2.24) is 10.2 Å². The maximum atomic E-state index is 5.42. The zero-order valence-corrected chi connectivity index (χ0v) is 12.0. The fourth-order valence-electron chi connectivity index (χ4n) is 1.27. The summed E-state index contributed by atoms with van der Waals surface area (Å²) in [5.74, 6) is 1.38. The normalized spacial score (nSPS) is 9.56. The Labute approximate surface area is 112 Å². The molecule has 1 aromatic heterocycles. The summed E-state index contributed by atoms with van der Waals surface area (Å²) < 4.78 is 10.8. The van der Waals surface area contributed by atoms with E-state index in [1.54, 1.807) is 0 Å². The van der Waals surface area contributed by atoms with E-state index in [0.29, 0.717) is 17.7 Å². The molecule has 0 aliphatic rings. The Morgan fingerprint density at radius 3 is 2.33 bits per heavy atom. The first-order valence-corrected chi connectivity index (χ1v) is 7.16. The van der Waals surface area contributed by atoms with Gasteiger partial charge in [0.1, 0.15) is 5.75 Å². The summed E-state index contributed by atoms with van der Waals surface area (Å²) in [4.78, 5) is 0. The predicted molar refractivity (Wildman–Crippen MR) is 74.0 cm³/mol. The second-order valence-electron chi connectivity index (χ2n) is 3.03. The Kier molecular flexibility index (Phi) is 6.28. The van der Waals surface area contributed by atoms with Gasteiger partial charge in [-0.1, -0.05) is 25.6 Å². The summed E-state index contributed by atoms with van der Waals surface area (Å²) >= 11 is 1.43. The standard InChI is InChI=1S/C11H12N2O2S.C2H6/c1-3-14-9-6-4-8(5-7-9)10-12-13-11(15-10)16-2;1-2/h4-7H,3H2,1-2H3;1-2H3. The van der Waals surface area contributed by atoms with E-state index in [1.807, 2.05) is 51.3 Å². The van der Waals surface area contributed by atoms with Gasteiger partial charge >= 0.3 is 0 Å². The van der Waals surface area contributed by atoms with Gasteiger partial charge in [0.05, 0.1) is 6.61 Å². The zero-order valence-electron chi connectivity index (χ0n) is 11.1. The van der Waals surface area contributed by atoms with Crippen LogP contribution in [0, 0.1) is 0 Å². The first-order valence-electron chi connectivity index (χ1n) is 5.94. The van der Waals surface area contributed by atoms with Crippen molar-refractivity contribution in [3.8, 4) is 17.2 Å². The number of aromatic nitrogens is 2. The Morgan fingerprint density at radius 1 is 1.17 bits per heavy atom. The Hall–Kier alpha value is -1.49. The second-order valence-corrected chi connectivity index (χ2v) is 3.79. The highest BCUT2D eigenvalue weighted by Gasteiger charge is 2.07. The summed E-state index contributed by atoms with van der Waals surface area (Å²) in [5.41, 5.74) is 0.899. The third-order valence-corrected chi connectivity index (χ3v) is 2.51. The van der Waals surface area contributed by atoms with Gasteiger partial charge in [0.2, 0.25) is 5.89 Å². The van der Waals surface area contributed by atoms with Crippen LogP contribution >= 0.6 is 11.8 Å². The van der Waals surface area contributed by atoms with Crippen molar-refractivity contribution in [1.29, 1.82) is 0 Å². The number of hydrogen-bond donors (Lipinski definition) is 0. The van der Waals surface area contributed by atoms with Gasteiger partial charge in [-0.25, -0.2) is 0 Å². The van der Waals surface area contributed by atoms with Crippen LogP contribution in [-0.4, -0.2) is 23.1 Å². The molecule has 0 radical (unpaired) electrons. The molecule has 0 fully saturated rings. The van der Waals surface area contributed by atoms with Gasteiger partial charge in [-0.05, 0) is 37.4 Å². The van der Waals surface area contributed by atoms with Crippen molar-refractivity contribution in [2.45, 2.75) is 26.0 Å². The molecule has 98 valence electrons. The second kappa shape index (κ2) is 7.76. The van der Waals surface area contributed by atoms with Crippen molar-refractivity contribution in [2.24, 2.45) is 0 Å². The molecular weight excluding hydrogens is 248 g/mol. The van der Waals surface area contributed by atoms with E-state index >= 15 is 0 Å². The van der Waals surface area contributed by atoms with Crippen molar-refractivity contribution in [2.75, 3.05) is 12.9 Å². The van der Waals surface area contributed by atoms with E-state index < -0.39 is 0 Å². The van der Waals surface area contributed by atoms with Crippen LogP contribution in [0.25, 0.3) is 11.5 Å². The van der Waals surface area contributed by atoms with Crippen LogP contribution in [0.5, 0.6) is 5.75 Å². The molecule has 0 N–H and O–H groups in total.